The van der Waals surface area contributed by atoms with Crippen molar-refractivity contribution in [1.82, 2.24) is 0 Å². The highest BCUT2D eigenvalue weighted by Crippen LogP contribution is 2.55. The second kappa shape index (κ2) is 2.25. The highest BCUT2D eigenvalue weighted by atomic mass is 14.5. The Morgan fingerprint density at radius 2 is 1.70 bits per heavy atom. The van der Waals surface area contributed by atoms with Gasteiger partial charge < -0.3 is 0 Å². The first-order valence-corrected chi connectivity index (χ1v) is 4.75. The van der Waals surface area contributed by atoms with Crippen molar-refractivity contribution >= 4 is 0 Å². The molecule has 0 aliphatic heterocycles. The van der Waals surface area contributed by atoms with Crippen molar-refractivity contribution in [2.24, 2.45) is 23.7 Å². The van der Waals surface area contributed by atoms with Gasteiger partial charge in [0.1, 0.15) is 0 Å². The number of rotatable bonds is 2. The van der Waals surface area contributed by atoms with E-state index in [1.54, 1.807) is 19.3 Å². The normalized spacial score (nSPS) is 44.1. The monoisotopic (exact) mass is 138 g/mol. The molecule has 0 heteroatoms. The molecule has 2 fully saturated rings. The molecule has 0 aromatic heterocycles. The van der Waals surface area contributed by atoms with E-state index in [-0.39, 0.29) is 0 Å². The van der Waals surface area contributed by atoms with Crippen molar-refractivity contribution in [2.75, 3.05) is 0 Å². The number of fused-ring (bicyclic) bond motifs is 1. The molecule has 0 bridgehead atoms. The van der Waals surface area contributed by atoms with Gasteiger partial charge in [0.05, 0.1) is 0 Å². The third kappa shape index (κ3) is 1.21. The summed E-state index contributed by atoms with van der Waals surface area (Å²) in [5.74, 6) is 4.42. The van der Waals surface area contributed by atoms with Crippen molar-refractivity contribution in [2.45, 2.75) is 39.5 Å². The largest absolute Gasteiger partial charge is 0.0628 e. The van der Waals surface area contributed by atoms with Crippen LogP contribution < -0.4 is 0 Å². The quantitative estimate of drug-likeness (QED) is 0.550. The molecule has 0 aromatic carbocycles. The topological polar surface area (TPSA) is 0 Å². The number of hydrogen-bond donors (Lipinski definition) is 0. The van der Waals surface area contributed by atoms with E-state index >= 15 is 0 Å². The van der Waals surface area contributed by atoms with E-state index in [0.717, 1.165) is 11.8 Å². The summed E-state index contributed by atoms with van der Waals surface area (Å²) in [6.07, 6.45) is 6.22. The molecule has 2 aliphatic rings. The summed E-state index contributed by atoms with van der Waals surface area (Å²) in [5, 5.41) is 0. The predicted molar refractivity (Wildman–Crippen MR) is 43.8 cm³/mol. The first kappa shape index (κ1) is 6.69. The standard InChI is InChI=1S/C10H18/c1-7(2)3-8-4-9-6-10(9)5-8/h7-10H,3-6H2,1-2H3. The SMILES string of the molecule is CC(C)CC1CC2CC2C1. The molecular formula is C10H18. The van der Waals surface area contributed by atoms with Crippen LogP contribution >= 0.6 is 0 Å². The average molecular weight is 138 g/mol. The first-order chi connectivity index (χ1) is 4.75. The molecule has 0 spiro atoms. The summed E-state index contributed by atoms with van der Waals surface area (Å²) in [4.78, 5) is 0. The maximum atomic E-state index is 2.35. The van der Waals surface area contributed by atoms with Gasteiger partial charge in [0, 0.05) is 0 Å². The fourth-order valence-electron chi connectivity index (χ4n) is 2.70. The van der Waals surface area contributed by atoms with Crippen LogP contribution in [0.1, 0.15) is 39.5 Å². The summed E-state index contributed by atoms with van der Waals surface area (Å²) in [5.41, 5.74) is 0. The first-order valence-electron chi connectivity index (χ1n) is 4.75. The van der Waals surface area contributed by atoms with Crippen LogP contribution in [0.3, 0.4) is 0 Å². The molecule has 58 valence electrons. The zero-order valence-electron chi connectivity index (χ0n) is 7.14. The maximum absolute atomic E-state index is 2.35. The van der Waals surface area contributed by atoms with Crippen LogP contribution in [-0.4, -0.2) is 0 Å². The molecule has 0 radical (unpaired) electrons. The predicted octanol–water partition coefficient (Wildman–Crippen LogP) is 3.08. The van der Waals surface area contributed by atoms with Crippen molar-refractivity contribution in [3.05, 3.63) is 0 Å². The minimum absolute atomic E-state index is 0.933. The van der Waals surface area contributed by atoms with Gasteiger partial charge in [-0.3, -0.25) is 0 Å². The molecule has 2 aliphatic carbocycles. The van der Waals surface area contributed by atoms with Crippen molar-refractivity contribution in [3.63, 3.8) is 0 Å². The van der Waals surface area contributed by atoms with E-state index in [4.69, 9.17) is 0 Å². The van der Waals surface area contributed by atoms with Crippen molar-refractivity contribution < 1.29 is 0 Å². The Labute approximate surface area is 64.0 Å². The van der Waals surface area contributed by atoms with Crippen LogP contribution in [0.2, 0.25) is 0 Å². The van der Waals surface area contributed by atoms with Crippen LogP contribution in [0.5, 0.6) is 0 Å². The van der Waals surface area contributed by atoms with Crippen LogP contribution in [-0.2, 0) is 0 Å². The van der Waals surface area contributed by atoms with Crippen LogP contribution in [0.15, 0.2) is 0 Å². The summed E-state index contributed by atoms with van der Waals surface area (Å²) < 4.78 is 0. The third-order valence-corrected chi connectivity index (χ3v) is 3.15. The van der Waals surface area contributed by atoms with Crippen molar-refractivity contribution in [1.29, 1.82) is 0 Å². The molecule has 2 atom stereocenters. The van der Waals surface area contributed by atoms with Crippen LogP contribution in [0.4, 0.5) is 0 Å². The molecule has 0 N–H and O–H groups in total. The van der Waals surface area contributed by atoms with Gasteiger partial charge in [0.2, 0.25) is 0 Å². The fourth-order valence-corrected chi connectivity index (χ4v) is 2.70. The Balaban J connectivity index is 1.76. The molecule has 0 saturated heterocycles. The second-order valence-corrected chi connectivity index (χ2v) is 4.72. The Kier molecular flexibility index (Phi) is 1.51. The molecule has 2 rings (SSSR count). The Morgan fingerprint density at radius 1 is 1.10 bits per heavy atom. The lowest BCUT2D eigenvalue weighted by Crippen LogP contribution is -2.01. The Bertz CT molecular complexity index is 116. The third-order valence-electron chi connectivity index (χ3n) is 3.15. The van der Waals surface area contributed by atoms with Gasteiger partial charge in [-0.2, -0.15) is 0 Å². The van der Waals surface area contributed by atoms with Gasteiger partial charge in [0.15, 0.2) is 0 Å². The van der Waals surface area contributed by atoms with Gasteiger partial charge in [-0.25, -0.2) is 0 Å². The highest BCUT2D eigenvalue weighted by molar-refractivity contribution is 4.95. The van der Waals surface area contributed by atoms with Crippen LogP contribution in [0.25, 0.3) is 0 Å². The lowest BCUT2D eigenvalue weighted by molar-refractivity contribution is 0.388. The second-order valence-electron chi connectivity index (χ2n) is 4.72. The summed E-state index contributed by atoms with van der Waals surface area (Å²) in [7, 11) is 0. The lowest BCUT2D eigenvalue weighted by atomic mass is 9.93. The summed E-state index contributed by atoms with van der Waals surface area (Å²) in [6.45, 7) is 4.70. The lowest BCUT2D eigenvalue weighted by Gasteiger charge is -2.13. The Hall–Kier alpha value is 0. The van der Waals surface area contributed by atoms with Gasteiger partial charge >= 0.3 is 0 Å². The highest BCUT2D eigenvalue weighted by Gasteiger charge is 2.45. The van der Waals surface area contributed by atoms with Gasteiger partial charge in [-0.1, -0.05) is 13.8 Å². The minimum atomic E-state index is 0.933. The molecule has 0 aromatic rings. The van der Waals surface area contributed by atoms with E-state index in [9.17, 15) is 0 Å². The number of hydrogen-bond acceptors (Lipinski definition) is 0. The zero-order valence-corrected chi connectivity index (χ0v) is 7.14. The molecule has 0 nitrogen and oxygen atoms in total. The minimum Gasteiger partial charge on any atom is -0.0628 e. The summed E-state index contributed by atoms with van der Waals surface area (Å²) in [6, 6.07) is 0. The average Bonchev–Trinajstić information content (AvgIpc) is 2.39. The fraction of sp³-hybridized carbons (Fsp3) is 1.00. The van der Waals surface area contributed by atoms with E-state index < -0.39 is 0 Å². The summed E-state index contributed by atoms with van der Waals surface area (Å²) >= 11 is 0. The maximum Gasteiger partial charge on any atom is -0.0380 e. The van der Waals surface area contributed by atoms with Gasteiger partial charge in [-0.05, 0) is 49.4 Å². The van der Waals surface area contributed by atoms with E-state index in [1.165, 1.54) is 18.3 Å². The van der Waals surface area contributed by atoms with Crippen LogP contribution in [0, 0.1) is 23.7 Å². The molecule has 2 unspecified atom stereocenters. The van der Waals surface area contributed by atoms with E-state index in [2.05, 4.69) is 13.8 Å². The van der Waals surface area contributed by atoms with E-state index in [1.807, 2.05) is 0 Å². The smallest absolute Gasteiger partial charge is 0.0380 e. The zero-order chi connectivity index (χ0) is 7.14. The molecular weight excluding hydrogens is 120 g/mol. The Morgan fingerprint density at radius 3 is 2.20 bits per heavy atom. The van der Waals surface area contributed by atoms with E-state index in [0.29, 0.717) is 0 Å². The van der Waals surface area contributed by atoms with Gasteiger partial charge in [0.25, 0.3) is 0 Å². The van der Waals surface area contributed by atoms with Crippen molar-refractivity contribution in [3.8, 4) is 0 Å². The molecule has 2 saturated carbocycles. The molecule has 10 heavy (non-hydrogen) atoms. The van der Waals surface area contributed by atoms with Gasteiger partial charge in [-0.15, -0.1) is 0 Å². The molecule has 0 heterocycles. The molecule has 0 amide bonds.